The van der Waals surface area contributed by atoms with Crippen molar-refractivity contribution in [2.45, 2.75) is 33.9 Å². The number of benzene rings is 1. The molecule has 18 heavy (non-hydrogen) atoms. The van der Waals surface area contributed by atoms with Gasteiger partial charge in [-0.2, -0.15) is 0 Å². The normalized spacial score (nSPS) is 10.8. The van der Waals surface area contributed by atoms with Gasteiger partial charge in [0, 0.05) is 19.3 Å². The summed E-state index contributed by atoms with van der Waals surface area (Å²) >= 11 is 0. The lowest BCUT2D eigenvalue weighted by Crippen LogP contribution is -2.16. The highest BCUT2D eigenvalue weighted by molar-refractivity contribution is 5.23. The average Bonchev–Trinajstić information content (AvgIpc) is 2.69. The van der Waals surface area contributed by atoms with E-state index in [4.69, 9.17) is 0 Å². The number of rotatable bonds is 5. The second kappa shape index (κ2) is 5.83. The van der Waals surface area contributed by atoms with Gasteiger partial charge in [-0.25, -0.2) is 4.98 Å². The molecule has 0 unspecified atom stereocenters. The minimum atomic E-state index is 0.878. The molecule has 1 aromatic heterocycles. The van der Waals surface area contributed by atoms with Crippen LogP contribution in [0.25, 0.3) is 0 Å². The van der Waals surface area contributed by atoms with Crippen molar-refractivity contribution in [3.05, 3.63) is 53.1 Å². The molecule has 0 spiro atoms. The van der Waals surface area contributed by atoms with Crippen LogP contribution in [0.4, 0.5) is 0 Å². The van der Waals surface area contributed by atoms with Crippen LogP contribution in [0.3, 0.4) is 0 Å². The molecule has 0 radical (unpaired) electrons. The zero-order valence-electron chi connectivity index (χ0n) is 11.4. The van der Waals surface area contributed by atoms with Crippen LogP contribution in [0, 0.1) is 13.8 Å². The number of aromatic nitrogens is 2. The molecule has 0 amide bonds. The van der Waals surface area contributed by atoms with Gasteiger partial charge in [-0.3, -0.25) is 0 Å². The minimum absolute atomic E-state index is 0.878. The zero-order chi connectivity index (χ0) is 13.0. The summed E-state index contributed by atoms with van der Waals surface area (Å²) in [6.07, 6.45) is 1.97. The summed E-state index contributed by atoms with van der Waals surface area (Å²) in [6.45, 7) is 9.06. The lowest BCUT2D eigenvalue weighted by Gasteiger charge is -2.11. The summed E-state index contributed by atoms with van der Waals surface area (Å²) in [7, 11) is 0. The second-order valence-electron chi connectivity index (χ2n) is 4.65. The Morgan fingerprint density at radius 1 is 1.28 bits per heavy atom. The maximum absolute atomic E-state index is 4.41. The van der Waals surface area contributed by atoms with E-state index in [0.29, 0.717) is 0 Å². The molecule has 0 bridgehead atoms. The van der Waals surface area contributed by atoms with Crippen molar-refractivity contribution in [3.63, 3.8) is 0 Å². The Hall–Kier alpha value is -1.61. The zero-order valence-corrected chi connectivity index (χ0v) is 11.4. The maximum atomic E-state index is 4.41. The Morgan fingerprint density at radius 2 is 2.11 bits per heavy atom. The molecule has 2 rings (SSSR count). The predicted molar refractivity (Wildman–Crippen MR) is 74.6 cm³/mol. The van der Waals surface area contributed by atoms with Crippen molar-refractivity contribution in [3.8, 4) is 0 Å². The minimum Gasteiger partial charge on any atom is -0.327 e. The van der Waals surface area contributed by atoms with Crippen LogP contribution >= 0.6 is 0 Å². The molecule has 0 saturated carbocycles. The third kappa shape index (κ3) is 2.99. The Kier molecular flexibility index (Phi) is 4.15. The molecule has 1 N–H and O–H groups in total. The summed E-state index contributed by atoms with van der Waals surface area (Å²) in [5.41, 5.74) is 3.88. The molecule has 96 valence electrons. The SMILES string of the molecule is CCNCc1cnc(C)n1Cc1cccc(C)c1. The molecule has 3 heteroatoms. The monoisotopic (exact) mass is 243 g/mol. The molecular weight excluding hydrogens is 222 g/mol. The number of imidazole rings is 1. The first-order valence-electron chi connectivity index (χ1n) is 6.48. The van der Waals surface area contributed by atoms with Gasteiger partial charge in [-0.1, -0.05) is 36.8 Å². The molecule has 0 saturated heterocycles. The molecule has 0 aliphatic rings. The number of nitrogens with zero attached hydrogens (tertiary/aromatic N) is 2. The van der Waals surface area contributed by atoms with Gasteiger partial charge < -0.3 is 9.88 Å². The van der Waals surface area contributed by atoms with E-state index in [1.54, 1.807) is 0 Å². The fraction of sp³-hybridized carbons (Fsp3) is 0.400. The molecule has 0 atom stereocenters. The summed E-state index contributed by atoms with van der Waals surface area (Å²) in [5.74, 6) is 1.07. The molecule has 0 fully saturated rings. The second-order valence-corrected chi connectivity index (χ2v) is 4.65. The van der Waals surface area contributed by atoms with Gasteiger partial charge in [-0.15, -0.1) is 0 Å². The first kappa shape index (κ1) is 12.8. The van der Waals surface area contributed by atoms with Gasteiger partial charge in [-0.05, 0) is 26.0 Å². The highest BCUT2D eigenvalue weighted by Crippen LogP contribution is 2.11. The lowest BCUT2D eigenvalue weighted by atomic mass is 10.1. The van der Waals surface area contributed by atoms with Crippen molar-refractivity contribution >= 4 is 0 Å². The standard InChI is InChI=1S/C15H21N3/c1-4-16-9-15-10-17-13(3)18(15)11-14-7-5-6-12(2)8-14/h5-8,10,16H,4,9,11H2,1-3H3. The van der Waals surface area contributed by atoms with E-state index >= 15 is 0 Å². The van der Waals surface area contributed by atoms with E-state index in [1.165, 1.54) is 16.8 Å². The molecule has 2 aromatic rings. The molecule has 1 aromatic carbocycles. The Labute approximate surface area is 109 Å². The predicted octanol–water partition coefficient (Wildman–Crippen LogP) is 2.66. The van der Waals surface area contributed by atoms with Crippen LogP contribution < -0.4 is 5.32 Å². The Bertz CT molecular complexity index is 514. The van der Waals surface area contributed by atoms with Crippen LogP contribution in [0.15, 0.2) is 30.5 Å². The number of aryl methyl sites for hydroxylation is 2. The number of nitrogens with one attached hydrogen (secondary N) is 1. The van der Waals surface area contributed by atoms with E-state index in [2.05, 4.69) is 59.9 Å². The fourth-order valence-electron chi connectivity index (χ4n) is 2.12. The smallest absolute Gasteiger partial charge is 0.106 e. The van der Waals surface area contributed by atoms with Crippen LogP contribution in [0.1, 0.15) is 29.6 Å². The highest BCUT2D eigenvalue weighted by Gasteiger charge is 2.06. The topological polar surface area (TPSA) is 29.9 Å². The van der Waals surface area contributed by atoms with Crippen LogP contribution in [0.2, 0.25) is 0 Å². The van der Waals surface area contributed by atoms with E-state index in [9.17, 15) is 0 Å². The molecule has 1 heterocycles. The fourth-order valence-corrected chi connectivity index (χ4v) is 2.12. The largest absolute Gasteiger partial charge is 0.327 e. The van der Waals surface area contributed by atoms with E-state index in [-0.39, 0.29) is 0 Å². The number of hydrogen-bond acceptors (Lipinski definition) is 2. The van der Waals surface area contributed by atoms with Gasteiger partial charge in [0.15, 0.2) is 0 Å². The number of hydrogen-bond donors (Lipinski definition) is 1. The molecule has 0 aliphatic heterocycles. The van der Waals surface area contributed by atoms with Gasteiger partial charge >= 0.3 is 0 Å². The van der Waals surface area contributed by atoms with Crippen molar-refractivity contribution in [2.24, 2.45) is 0 Å². The van der Waals surface area contributed by atoms with Gasteiger partial charge in [0.25, 0.3) is 0 Å². The van der Waals surface area contributed by atoms with Gasteiger partial charge in [0.2, 0.25) is 0 Å². The Balaban J connectivity index is 2.20. The average molecular weight is 243 g/mol. The van der Waals surface area contributed by atoms with Gasteiger partial charge in [0.1, 0.15) is 5.82 Å². The van der Waals surface area contributed by atoms with E-state index < -0.39 is 0 Å². The Morgan fingerprint density at radius 3 is 2.83 bits per heavy atom. The van der Waals surface area contributed by atoms with Crippen molar-refractivity contribution < 1.29 is 0 Å². The van der Waals surface area contributed by atoms with Crippen molar-refractivity contribution in [1.29, 1.82) is 0 Å². The summed E-state index contributed by atoms with van der Waals surface area (Å²) in [6, 6.07) is 8.64. The van der Waals surface area contributed by atoms with Crippen LogP contribution in [-0.4, -0.2) is 16.1 Å². The van der Waals surface area contributed by atoms with Crippen molar-refractivity contribution in [2.75, 3.05) is 6.54 Å². The highest BCUT2D eigenvalue weighted by atomic mass is 15.1. The summed E-state index contributed by atoms with van der Waals surface area (Å²) in [4.78, 5) is 4.41. The molecule has 0 aliphatic carbocycles. The lowest BCUT2D eigenvalue weighted by molar-refractivity contribution is 0.646. The molecule has 3 nitrogen and oxygen atoms in total. The van der Waals surface area contributed by atoms with Crippen LogP contribution in [-0.2, 0) is 13.1 Å². The first-order chi connectivity index (χ1) is 8.70. The van der Waals surface area contributed by atoms with Gasteiger partial charge in [0.05, 0.1) is 5.69 Å². The van der Waals surface area contributed by atoms with E-state index in [1.807, 2.05) is 6.20 Å². The van der Waals surface area contributed by atoms with Crippen LogP contribution in [0.5, 0.6) is 0 Å². The van der Waals surface area contributed by atoms with E-state index in [0.717, 1.165) is 25.5 Å². The van der Waals surface area contributed by atoms with Crippen molar-refractivity contribution in [1.82, 2.24) is 14.9 Å². The third-order valence-electron chi connectivity index (χ3n) is 3.12. The summed E-state index contributed by atoms with van der Waals surface area (Å²) < 4.78 is 2.28. The summed E-state index contributed by atoms with van der Waals surface area (Å²) in [5, 5.41) is 3.35. The maximum Gasteiger partial charge on any atom is 0.106 e. The first-order valence-corrected chi connectivity index (χ1v) is 6.48. The molecular formula is C15H21N3. The quantitative estimate of drug-likeness (QED) is 0.875. The third-order valence-corrected chi connectivity index (χ3v) is 3.12.